The lowest BCUT2D eigenvalue weighted by atomic mass is 9.90. The number of fused-ring (bicyclic) bond motifs is 1. The molecule has 4 rings (SSSR count). The molecule has 0 bridgehead atoms. The highest BCUT2D eigenvalue weighted by molar-refractivity contribution is 7.98. The van der Waals surface area contributed by atoms with Crippen molar-refractivity contribution in [2.45, 2.75) is 17.7 Å². The molecule has 2 aromatic carbocycles. The summed E-state index contributed by atoms with van der Waals surface area (Å²) in [6.45, 7) is 0. The zero-order chi connectivity index (χ0) is 17.2. The molecule has 1 aromatic heterocycles. The summed E-state index contributed by atoms with van der Waals surface area (Å²) >= 11 is 1.72. The lowest BCUT2D eigenvalue weighted by Crippen LogP contribution is -2.15. The van der Waals surface area contributed by atoms with Gasteiger partial charge in [-0.25, -0.2) is 4.68 Å². The van der Waals surface area contributed by atoms with Crippen LogP contribution in [0.1, 0.15) is 28.0 Å². The van der Waals surface area contributed by atoms with Crippen LogP contribution in [0.3, 0.4) is 0 Å². The van der Waals surface area contributed by atoms with Gasteiger partial charge in [0.05, 0.1) is 23.1 Å². The molecular weight excluding hydrogens is 328 g/mol. The Morgan fingerprint density at radius 2 is 1.80 bits per heavy atom. The minimum absolute atomic E-state index is 0.0948. The first kappa shape index (κ1) is 15.9. The molecule has 0 N–H and O–H groups in total. The molecule has 1 aliphatic carbocycles. The maximum atomic E-state index is 12.9. The van der Waals surface area contributed by atoms with Gasteiger partial charge in [0.25, 0.3) is 0 Å². The van der Waals surface area contributed by atoms with Crippen LogP contribution in [0.5, 0.6) is 0 Å². The predicted molar refractivity (Wildman–Crippen MR) is 102 cm³/mol. The Morgan fingerprint density at radius 3 is 2.52 bits per heavy atom. The molecule has 25 heavy (non-hydrogen) atoms. The van der Waals surface area contributed by atoms with Crippen molar-refractivity contribution in [3.05, 3.63) is 83.2 Å². The molecule has 4 heteroatoms. The number of ketones is 1. The molecular formula is C21H18N2OS. The van der Waals surface area contributed by atoms with Gasteiger partial charge >= 0.3 is 0 Å². The van der Waals surface area contributed by atoms with E-state index in [1.807, 2.05) is 41.1 Å². The van der Waals surface area contributed by atoms with E-state index in [9.17, 15) is 4.79 Å². The maximum Gasteiger partial charge on any atom is 0.192 e. The summed E-state index contributed by atoms with van der Waals surface area (Å²) in [5.41, 5.74) is 4.65. The SMILES string of the molecule is CSc1ccc(C=C2CCc3c(cnn3-c3ccccc3)C2=O)cc1. The molecule has 0 fully saturated rings. The number of carbonyl (C=O) groups excluding carboxylic acids is 1. The minimum Gasteiger partial charge on any atom is -0.289 e. The number of nitrogens with zero attached hydrogens (tertiary/aromatic N) is 2. The molecule has 0 radical (unpaired) electrons. The highest BCUT2D eigenvalue weighted by Gasteiger charge is 2.26. The van der Waals surface area contributed by atoms with Gasteiger partial charge in [0, 0.05) is 10.5 Å². The van der Waals surface area contributed by atoms with Gasteiger partial charge in [0.1, 0.15) is 0 Å². The van der Waals surface area contributed by atoms with E-state index in [-0.39, 0.29) is 5.78 Å². The minimum atomic E-state index is 0.0948. The molecule has 124 valence electrons. The van der Waals surface area contributed by atoms with Crippen molar-refractivity contribution < 1.29 is 4.79 Å². The van der Waals surface area contributed by atoms with E-state index in [4.69, 9.17) is 0 Å². The second-order valence-electron chi connectivity index (χ2n) is 6.02. The van der Waals surface area contributed by atoms with Gasteiger partial charge in [-0.3, -0.25) is 4.79 Å². The van der Waals surface area contributed by atoms with Gasteiger partial charge in [-0.2, -0.15) is 5.10 Å². The predicted octanol–water partition coefficient (Wildman–Crippen LogP) is 4.81. The topological polar surface area (TPSA) is 34.9 Å². The zero-order valence-electron chi connectivity index (χ0n) is 14.0. The van der Waals surface area contributed by atoms with Crippen molar-refractivity contribution in [1.29, 1.82) is 0 Å². The van der Waals surface area contributed by atoms with Crippen LogP contribution < -0.4 is 0 Å². The highest BCUT2D eigenvalue weighted by atomic mass is 32.2. The Kier molecular flexibility index (Phi) is 4.28. The number of thioether (sulfide) groups is 1. The summed E-state index contributed by atoms with van der Waals surface area (Å²) in [7, 11) is 0. The van der Waals surface area contributed by atoms with Crippen molar-refractivity contribution in [1.82, 2.24) is 9.78 Å². The maximum absolute atomic E-state index is 12.9. The van der Waals surface area contributed by atoms with Crippen molar-refractivity contribution >= 4 is 23.6 Å². The largest absolute Gasteiger partial charge is 0.289 e. The van der Waals surface area contributed by atoms with Crippen LogP contribution in [-0.4, -0.2) is 21.8 Å². The number of aromatic nitrogens is 2. The van der Waals surface area contributed by atoms with Crippen LogP contribution in [0.15, 0.2) is 71.3 Å². The standard InChI is InChI=1S/C21H18N2OS/c1-25-18-10-7-15(8-11-18)13-16-9-12-20-19(21(16)24)14-22-23(20)17-5-3-2-4-6-17/h2-8,10-11,13-14H,9,12H2,1H3. The fraction of sp³-hybridized carbons (Fsp3) is 0.143. The first-order chi connectivity index (χ1) is 12.3. The third kappa shape index (κ3) is 3.05. The van der Waals surface area contributed by atoms with E-state index in [2.05, 4.69) is 35.6 Å². The number of hydrogen-bond acceptors (Lipinski definition) is 3. The van der Waals surface area contributed by atoms with Crippen LogP contribution in [0.2, 0.25) is 0 Å². The highest BCUT2D eigenvalue weighted by Crippen LogP contribution is 2.28. The van der Waals surface area contributed by atoms with Gasteiger partial charge < -0.3 is 0 Å². The van der Waals surface area contributed by atoms with E-state index in [1.54, 1.807) is 18.0 Å². The summed E-state index contributed by atoms with van der Waals surface area (Å²) in [6.07, 6.45) is 7.34. The number of hydrogen-bond donors (Lipinski definition) is 0. The number of rotatable bonds is 3. The molecule has 0 amide bonds. The second-order valence-corrected chi connectivity index (χ2v) is 6.90. The number of Topliss-reactive ketones (excluding diaryl/α,β-unsaturated/α-hetero) is 1. The Bertz CT molecular complexity index is 940. The molecule has 0 saturated heterocycles. The Labute approximate surface area is 151 Å². The first-order valence-corrected chi connectivity index (χ1v) is 9.50. The van der Waals surface area contributed by atoms with Gasteiger partial charge in [-0.1, -0.05) is 30.3 Å². The number of allylic oxidation sites excluding steroid dienone is 1. The van der Waals surface area contributed by atoms with Crippen molar-refractivity contribution in [3.8, 4) is 5.69 Å². The summed E-state index contributed by atoms with van der Waals surface area (Å²) in [4.78, 5) is 14.1. The quantitative estimate of drug-likeness (QED) is 0.504. The second kappa shape index (κ2) is 6.73. The fourth-order valence-electron chi connectivity index (χ4n) is 3.17. The van der Waals surface area contributed by atoms with Crippen LogP contribution in [0.25, 0.3) is 11.8 Å². The summed E-state index contributed by atoms with van der Waals surface area (Å²) in [6, 6.07) is 18.3. The molecule has 1 aliphatic rings. The first-order valence-electron chi connectivity index (χ1n) is 8.28. The van der Waals surface area contributed by atoms with Crippen LogP contribution >= 0.6 is 11.8 Å². The Balaban J connectivity index is 1.66. The monoisotopic (exact) mass is 346 g/mol. The Morgan fingerprint density at radius 1 is 1.04 bits per heavy atom. The van der Waals surface area contributed by atoms with Gasteiger partial charge in [0.15, 0.2) is 5.78 Å². The summed E-state index contributed by atoms with van der Waals surface area (Å²) < 4.78 is 1.89. The van der Waals surface area contributed by atoms with Crippen LogP contribution in [-0.2, 0) is 6.42 Å². The van der Waals surface area contributed by atoms with Crippen molar-refractivity contribution in [3.63, 3.8) is 0 Å². The third-order valence-corrected chi connectivity index (χ3v) is 5.24. The van der Waals surface area contributed by atoms with E-state index in [0.29, 0.717) is 0 Å². The molecule has 0 spiro atoms. The van der Waals surface area contributed by atoms with Gasteiger partial charge in [-0.05, 0) is 55.0 Å². The molecule has 0 unspecified atom stereocenters. The van der Waals surface area contributed by atoms with E-state index in [1.165, 1.54) is 4.90 Å². The van der Waals surface area contributed by atoms with Gasteiger partial charge in [0.2, 0.25) is 0 Å². The van der Waals surface area contributed by atoms with E-state index in [0.717, 1.165) is 40.9 Å². The zero-order valence-corrected chi connectivity index (χ0v) is 14.8. The molecule has 0 aliphatic heterocycles. The average molecular weight is 346 g/mol. The molecule has 0 saturated carbocycles. The summed E-state index contributed by atoms with van der Waals surface area (Å²) in [5, 5.41) is 4.45. The van der Waals surface area contributed by atoms with E-state index >= 15 is 0 Å². The van der Waals surface area contributed by atoms with E-state index < -0.39 is 0 Å². The third-order valence-electron chi connectivity index (χ3n) is 4.49. The van der Waals surface area contributed by atoms with Crippen molar-refractivity contribution in [2.24, 2.45) is 0 Å². The Hall–Kier alpha value is -2.59. The summed E-state index contributed by atoms with van der Waals surface area (Å²) in [5.74, 6) is 0.0948. The lowest BCUT2D eigenvalue weighted by molar-refractivity contribution is 0.102. The molecule has 0 atom stereocenters. The van der Waals surface area contributed by atoms with Crippen LogP contribution in [0, 0.1) is 0 Å². The smallest absolute Gasteiger partial charge is 0.192 e. The number of benzene rings is 2. The normalized spacial score (nSPS) is 15.4. The van der Waals surface area contributed by atoms with Crippen LogP contribution in [0.4, 0.5) is 0 Å². The fourth-order valence-corrected chi connectivity index (χ4v) is 3.58. The molecule has 1 heterocycles. The number of para-hydroxylation sites is 1. The number of carbonyl (C=O) groups is 1. The lowest BCUT2D eigenvalue weighted by Gasteiger charge is -2.16. The average Bonchev–Trinajstić information content (AvgIpc) is 3.10. The molecule has 3 aromatic rings. The molecule has 3 nitrogen and oxygen atoms in total. The van der Waals surface area contributed by atoms with Gasteiger partial charge in [-0.15, -0.1) is 11.8 Å². The van der Waals surface area contributed by atoms with Crippen molar-refractivity contribution in [2.75, 3.05) is 6.26 Å².